The van der Waals surface area contributed by atoms with Crippen LogP contribution in [0, 0.1) is 6.92 Å². The zero-order chi connectivity index (χ0) is 20.0. The molecule has 3 rings (SSSR count). The van der Waals surface area contributed by atoms with Crippen molar-refractivity contribution in [2.24, 2.45) is 0 Å². The van der Waals surface area contributed by atoms with Crippen LogP contribution < -0.4 is 0 Å². The highest BCUT2D eigenvalue weighted by atomic mass is 35.5. The van der Waals surface area contributed by atoms with Gasteiger partial charge in [0.25, 0.3) is 0 Å². The molecule has 3 nitrogen and oxygen atoms in total. The Hall–Kier alpha value is -1.57. The lowest BCUT2D eigenvalue weighted by Crippen LogP contribution is -2.48. The van der Waals surface area contributed by atoms with E-state index in [0.29, 0.717) is 21.7 Å². The van der Waals surface area contributed by atoms with Gasteiger partial charge < -0.3 is 0 Å². The van der Waals surface area contributed by atoms with Crippen LogP contribution in [-0.4, -0.2) is 25.4 Å². The predicted octanol–water partition coefficient (Wildman–Crippen LogP) is 5.06. The van der Waals surface area contributed by atoms with E-state index in [4.69, 9.17) is 11.6 Å². The van der Waals surface area contributed by atoms with Crippen molar-refractivity contribution in [1.29, 1.82) is 0 Å². The second kappa shape index (κ2) is 6.79. The molecule has 0 spiro atoms. The zero-order valence-corrected chi connectivity index (χ0v) is 16.4. The minimum Gasteiger partial charge on any atom is -0.207 e. The highest BCUT2D eigenvalue weighted by Crippen LogP contribution is 2.44. The Balaban J connectivity index is 2.11. The average Bonchev–Trinajstić information content (AvgIpc) is 2.53. The minimum atomic E-state index is -4.44. The van der Waals surface area contributed by atoms with E-state index in [0.717, 1.165) is 4.31 Å². The summed E-state index contributed by atoms with van der Waals surface area (Å²) in [6.45, 7) is 2.85. The van der Waals surface area contributed by atoms with Gasteiger partial charge in [0.1, 0.15) is 0 Å². The molecule has 0 aromatic heterocycles. The van der Waals surface area contributed by atoms with E-state index in [2.05, 4.69) is 0 Å². The van der Waals surface area contributed by atoms with Crippen molar-refractivity contribution >= 4 is 21.6 Å². The topological polar surface area (TPSA) is 37.4 Å². The van der Waals surface area contributed by atoms with E-state index in [1.165, 1.54) is 19.1 Å². The lowest BCUT2D eigenvalue weighted by Gasteiger charge is -2.42. The number of alkyl halides is 3. The Morgan fingerprint density at radius 1 is 1.19 bits per heavy atom. The van der Waals surface area contributed by atoms with Gasteiger partial charge in [-0.3, -0.25) is 0 Å². The fraction of sp³-hybridized carbons (Fsp3) is 0.368. The summed E-state index contributed by atoms with van der Waals surface area (Å²) in [6, 6.07) is 11.1. The molecule has 1 atom stereocenters. The van der Waals surface area contributed by atoms with Crippen LogP contribution >= 0.6 is 11.6 Å². The van der Waals surface area contributed by atoms with Gasteiger partial charge in [0.2, 0.25) is 10.0 Å². The number of aryl methyl sites for hydroxylation is 1. The molecule has 0 amide bonds. The van der Waals surface area contributed by atoms with Crippen LogP contribution in [0.1, 0.15) is 30.0 Å². The molecule has 1 unspecified atom stereocenters. The molecule has 2 aromatic rings. The summed E-state index contributed by atoms with van der Waals surface area (Å²) >= 11 is 6.01. The molecule has 0 radical (unpaired) electrons. The first-order chi connectivity index (χ1) is 12.4. The first-order valence-electron chi connectivity index (χ1n) is 8.34. The molecule has 1 aliphatic rings. The van der Waals surface area contributed by atoms with Crippen LogP contribution in [0.3, 0.4) is 0 Å². The van der Waals surface area contributed by atoms with Crippen LogP contribution in [0.5, 0.6) is 0 Å². The van der Waals surface area contributed by atoms with Gasteiger partial charge in [0, 0.05) is 23.5 Å². The summed E-state index contributed by atoms with van der Waals surface area (Å²) in [4.78, 5) is 0.108. The van der Waals surface area contributed by atoms with Crippen molar-refractivity contribution in [2.45, 2.75) is 43.3 Å². The van der Waals surface area contributed by atoms with Crippen molar-refractivity contribution < 1.29 is 21.6 Å². The lowest BCUT2D eigenvalue weighted by molar-refractivity contribution is -0.148. The average molecular weight is 418 g/mol. The molecule has 1 aliphatic heterocycles. The number of sulfonamides is 1. The molecule has 0 bridgehead atoms. The Labute approximate surface area is 161 Å². The molecule has 8 heteroatoms. The van der Waals surface area contributed by atoms with Crippen LogP contribution in [0.4, 0.5) is 13.2 Å². The van der Waals surface area contributed by atoms with E-state index < -0.39 is 28.0 Å². The van der Waals surface area contributed by atoms with Gasteiger partial charge in [0.15, 0.2) is 0 Å². The van der Waals surface area contributed by atoms with Crippen LogP contribution in [0.15, 0.2) is 47.4 Å². The summed E-state index contributed by atoms with van der Waals surface area (Å²) in [5.74, 6) is 0. The number of hydrogen-bond donors (Lipinski definition) is 0. The summed E-state index contributed by atoms with van der Waals surface area (Å²) in [6.07, 6.45) is -5.57. The first kappa shape index (κ1) is 20.2. The third-order valence-corrected chi connectivity index (χ3v) is 7.08. The van der Waals surface area contributed by atoms with Gasteiger partial charge in [-0.15, -0.1) is 0 Å². The van der Waals surface area contributed by atoms with Crippen molar-refractivity contribution in [1.82, 2.24) is 4.31 Å². The number of nitrogens with zero attached hydrogens (tertiary/aromatic N) is 1. The largest absolute Gasteiger partial charge is 0.390 e. The predicted molar refractivity (Wildman–Crippen MR) is 98.3 cm³/mol. The summed E-state index contributed by atoms with van der Waals surface area (Å²) in [7, 11) is -3.94. The van der Waals surface area contributed by atoms with E-state index in [-0.39, 0.29) is 18.0 Å². The van der Waals surface area contributed by atoms with Crippen molar-refractivity contribution in [3.8, 4) is 0 Å². The van der Waals surface area contributed by atoms with Crippen LogP contribution in [0.2, 0.25) is 5.02 Å². The number of hydrogen-bond acceptors (Lipinski definition) is 2. The van der Waals surface area contributed by atoms with Crippen molar-refractivity contribution in [3.63, 3.8) is 0 Å². The SMILES string of the molecule is Cc1ccccc1S(=O)(=O)N1Cc2ccc(Cl)cc2C(C)(CC(F)(F)F)C1. The van der Waals surface area contributed by atoms with Gasteiger partial charge in [-0.1, -0.05) is 42.8 Å². The third-order valence-electron chi connectivity index (χ3n) is 4.90. The molecule has 0 fully saturated rings. The molecular weight excluding hydrogens is 399 g/mol. The van der Waals surface area contributed by atoms with Crippen molar-refractivity contribution in [2.75, 3.05) is 6.54 Å². The highest BCUT2D eigenvalue weighted by molar-refractivity contribution is 7.89. The Morgan fingerprint density at radius 2 is 1.85 bits per heavy atom. The summed E-state index contributed by atoms with van der Waals surface area (Å²) < 4.78 is 67.3. The Bertz CT molecular complexity index is 975. The highest BCUT2D eigenvalue weighted by Gasteiger charge is 2.47. The van der Waals surface area contributed by atoms with Gasteiger partial charge in [-0.05, 0) is 41.8 Å². The summed E-state index contributed by atoms with van der Waals surface area (Å²) in [5, 5.41) is 0.331. The van der Waals surface area contributed by atoms with Crippen molar-refractivity contribution in [3.05, 3.63) is 64.2 Å². The van der Waals surface area contributed by atoms with Gasteiger partial charge in [0.05, 0.1) is 11.3 Å². The van der Waals surface area contributed by atoms with Crippen LogP contribution in [0.25, 0.3) is 0 Å². The number of benzene rings is 2. The van der Waals surface area contributed by atoms with E-state index >= 15 is 0 Å². The molecule has 146 valence electrons. The second-order valence-electron chi connectivity index (χ2n) is 7.19. The molecular formula is C19H19ClF3NO2S. The quantitative estimate of drug-likeness (QED) is 0.699. The molecule has 0 saturated carbocycles. The third kappa shape index (κ3) is 4.00. The maximum absolute atomic E-state index is 13.3. The van der Waals surface area contributed by atoms with E-state index in [1.54, 1.807) is 37.3 Å². The number of halogens is 4. The second-order valence-corrected chi connectivity index (χ2v) is 9.54. The molecule has 2 aromatic carbocycles. The smallest absolute Gasteiger partial charge is 0.207 e. The molecule has 0 N–H and O–H groups in total. The molecule has 1 heterocycles. The van der Waals surface area contributed by atoms with Gasteiger partial charge in [-0.2, -0.15) is 17.5 Å². The lowest BCUT2D eigenvalue weighted by atomic mass is 9.75. The standard InChI is InChI=1S/C19H19ClF3NO2S/c1-13-5-3-4-6-17(13)27(25,26)24-10-14-7-8-15(20)9-16(14)18(2,12-24)11-19(21,22)23/h3-9H,10-12H2,1-2H3. The maximum Gasteiger partial charge on any atom is 0.390 e. The molecule has 27 heavy (non-hydrogen) atoms. The first-order valence-corrected chi connectivity index (χ1v) is 10.2. The van der Waals surface area contributed by atoms with E-state index in [1.807, 2.05) is 0 Å². The Morgan fingerprint density at radius 3 is 2.48 bits per heavy atom. The molecule has 0 aliphatic carbocycles. The molecule has 0 saturated heterocycles. The normalized spacial score (nSPS) is 21.1. The Kier molecular flexibility index (Phi) is 5.08. The fourth-order valence-electron chi connectivity index (χ4n) is 3.72. The fourth-order valence-corrected chi connectivity index (χ4v) is 5.66. The minimum absolute atomic E-state index is 0.0105. The number of fused-ring (bicyclic) bond motifs is 1. The number of rotatable bonds is 3. The van der Waals surface area contributed by atoms with Gasteiger partial charge in [-0.25, -0.2) is 8.42 Å². The van der Waals surface area contributed by atoms with Crippen LogP contribution in [-0.2, 0) is 22.0 Å². The monoisotopic (exact) mass is 417 g/mol. The summed E-state index contributed by atoms with van der Waals surface area (Å²) in [5.41, 5.74) is 0.113. The van der Waals surface area contributed by atoms with Gasteiger partial charge >= 0.3 is 6.18 Å². The zero-order valence-electron chi connectivity index (χ0n) is 14.8. The maximum atomic E-state index is 13.3. The van der Waals surface area contributed by atoms with E-state index in [9.17, 15) is 21.6 Å².